The van der Waals surface area contributed by atoms with Crippen molar-refractivity contribution in [1.82, 2.24) is 0 Å². The van der Waals surface area contributed by atoms with E-state index in [0.717, 1.165) is 6.42 Å². The van der Waals surface area contributed by atoms with Crippen molar-refractivity contribution in [2.45, 2.75) is 18.7 Å². The Bertz CT molecular complexity index is 836. The Kier molecular flexibility index (Phi) is 10.9. The Balaban J connectivity index is 0.00000171. The molecule has 31 heavy (non-hydrogen) atoms. The molecule has 0 N–H and O–H groups in total. The Hall–Kier alpha value is -1.48. The first-order chi connectivity index (χ1) is 14.4. The fourth-order valence-corrected chi connectivity index (χ4v) is 11.0. The fourth-order valence-electron chi connectivity index (χ4n) is 3.82. The Morgan fingerprint density at radius 3 is 0.903 bits per heavy atom. The van der Waals surface area contributed by atoms with Crippen LogP contribution in [0, 0.1) is 0 Å². The topological polar surface area (TPSA) is 0 Å². The van der Waals surface area contributed by atoms with E-state index in [2.05, 4.69) is 128 Å². The maximum Gasteiger partial charge on any atom is 0.0152 e. The van der Waals surface area contributed by atoms with Gasteiger partial charge in [-0.3, -0.25) is 0 Å². The molecule has 0 aromatic heterocycles. The number of benzene rings is 4. The van der Waals surface area contributed by atoms with Crippen molar-refractivity contribution in [1.29, 1.82) is 0 Å². The summed E-state index contributed by atoms with van der Waals surface area (Å²) in [5.74, 6) is 0. The van der Waals surface area contributed by atoms with Gasteiger partial charge in [-0.05, 0) is 43.5 Å². The van der Waals surface area contributed by atoms with Crippen LogP contribution in [0.4, 0.5) is 0 Å². The van der Waals surface area contributed by atoms with E-state index in [9.17, 15) is 0 Å². The summed E-state index contributed by atoms with van der Waals surface area (Å²) in [5, 5.41) is 6.47. The molecule has 0 spiro atoms. The third kappa shape index (κ3) is 6.28. The van der Waals surface area contributed by atoms with E-state index in [4.69, 9.17) is 0 Å². The molecule has 0 nitrogen and oxygen atoms in total. The minimum absolute atomic E-state index is 0. The second-order valence-electron chi connectivity index (χ2n) is 6.97. The molecular formula is C27H27ClNiP2. The standard InChI is InChI=1S/C27H26P2.ClH.Ni/c1-2-27(28(23-15-7-3-8-16-23)24-17-9-4-10-18-24)29(25-19-11-5-12-20-25)26-21-13-6-14-22-26;;/h3-22,27H,2H2,1H3;1H;. The molecule has 4 rings (SSSR count). The zero-order valence-electron chi connectivity index (χ0n) is 17.5. The van der Waals surface area contributed by atoms with E-state index in [-0.39, 0.29) is 28.9 Å². The molecule has 0 fully saturated rings. The van der Waals surface area contributed by atoms with Gasteiger partial charge in [-0.1, -0.05) is 128 Å². The van der Waals surface area contributed by atoms with Crippen LogP contribution in [0.25, 0.3) is 0 Å². The average Bonchev–Trinajstić information content (AvgIpc) is 2.81. The molecule has 0 bridgehead atoms. The predicted octanol–water partition coefficient (Wildman–Crippen LogP) is 6.41. The van der Waals surface area contributed by atoms with Crippen LogP contribution in [0.15, 0.2) is 121 Å². The van der Waals surface area contributed by atoms with Crippen LogP contribution in [-0.2, 0) is 16.5 Å². The summed E-state index contributed by atoms with van der Waals surface area (Å²) >= 11 is 0. The van der Waals surface area contributed by atoms with Gasteiger partial charge in [0.05, 0.1) is 0 Å². The largest absolute Gasteiger partial charge is 0.147 e. The second kappa shape index (κ2) is 13.2. The van der Waals surface area contributed by atoms with E-state index < -0.39 is 15.8 Å². The van der Waals surface area contributed by atoms with Gasteiger partial charge in [-0.2, -0.15) is 0 Å². The van der Waals surface area contributed by atoms with Crippen molar-refractivity contribution in [3.63, 3.8) is 0 Å². The third-order valence-corrected chi connectivity index (χ3v) is 11.8. The first kappa shape index (κ1) is 25.8. The molecular weight excluding hydrogens is 480 g/mol. The molecule has 4 aromatic rings. The molecule has 0 aliphatic carbocycles. The van der Waals surface area contributed by atoms with Crippen molar-refractivity contribution in [3.05, 3.63) is 121 Å². The normalized spacial score (nSPS) is 10.6. The first-order valence-electron chi connectivity index (χ1n) is 10.2. The van der Waals surface area contributed by atoms with Gasteiger partial charge >= 0.3 is 0 Å². The zero-order chi connectivity index (χ0) is 19.9. The van der Waals surface area contributed by atoms with Gasteiger partial charge in [0, 0.05) is 21.9 Å². The van der Waals surface area contributed by atoms with Gasteiger partial charge in [0.15, 0.2) is 0 Å². The maximum atomic E-state index is 2.37. The number of hydrogen-bond acceptors (Lipinski definition) is 0. The van der Waals surface area contributed by atoms with E-state index in [1.54, 1.807) is 0 Å². The second-order valence-corrected chi connectivity index (χ2v) is 12.2. The summed E-state index contributed by atoms with van der Waals surface area (Å²) in [6.45, 7) is 2.37. The van der Waals surface area contributed by atoms with Crippen molar-refractivity contribution >= 4 is 49.5 Å². The summed E-state index contributed by atoms with van der Waals surface area (Å²) in [7, 11) is -0.944. The van der Waals surface area contributed by atoms with E-state index in [1.807, 2.05) is 0 Å². The van der Waals surface area contributed by atoms with Gasteiger partial charge in [-0.25, -0.2) is 0 Å². The van der Waals surface area contributed by atoms with Crippen LogP contribution in [-0.4, -0.2) is 5.40 Å². The molecule has 0 aliphatic heterocycles. The summed E-state index contributed by atoms with van der Waals surface area (Å²) < 4.78 is 0. The molecule has 4 aromatic carbocycles. The zero-order valence-corrected chi connectivity index (χ0v) is 21.0. The summed E-state index contributed by atoms with van der Waals surface area (Å²) in [5.41, 5.74) is 0. The molecule has 4 heteroatoms. The van der Waals surface area contributed by atoms with Gasteiger partial charge in [-0.15, -0.1) is 12.4 Å². The smallest absolute Gasteiger partial charge is 0.0152 e. The van der Waals surface area contributed by atoms with Crippen molar-refractivity contribution in [2.75, 3.05) is 0 Å². The van der Waals surface area contributed by atoms with E-state index in [1.165, 1.54) is 21.2 Å². The van der Waals surface area contributed by atoms with Crippen molar-refractivity contribution < 1.29 is 16.5 Å². The van der Waals surface area contributed by atoms with Crippen LogP contribution in [0.2, 0.25) is 0 Å². The molecule has 0 aliphatic rings. The van der Waals surface area contributed by atoms with E-state index in [0.29, 0.717) is 5.40 Å². The molecule has 0 atom stereocenters. The Morgan fingerprint density at radius 2 is 0.710 bits per heavy atom. The number of rotatable bonds is 7. The van der Waals surface area contributed by atoms with Crippen LogP contribution >= 0.6 is 28.3 Å². The third-order valence-electron chi connectivity index (χ3n) is 5.10. The fraction of sp³-hybridized carbons (Fsp3) is 0.111. The molecule has 0 unspecified atom stereocenters. The van der Waals surface area contributed by atoms with Gasteiger partial charge in [0.25, 0.3) is 0 Å². The molecule has 0 radical (unpaired) electrons. The SMILES string of the molecule is CCC(P(c1ccccc1)c1ccccc1)P(c1ccccc1)c1ccccc1.Cl.[Ni]. The first-order valence-corrected chi connectivity index (χ1v) is 13.0. The molecule has 0 heterocycles. The van der Waals surface area contributed by atoms with Gasteiger partial charge < -0.3 is 0 Å². The van der Waals surface area contributed by atoms with Crippen molar-refractivity contribution in [2.24, 2.45) is 0 Å². The Labute approximate surface area is 205 Å². The molecule has 0 saturated carbocycles. The van der Waals surface area contributed by atoms with E-state index >= 15 is 0 Å². The minimum Gasteiger partial charge on any atom is -0.147 e. The summed E-state index contributed by atoms with van der Waals surface area (Å²) in [6, 6.07) is 44.6. The monoisotopic (exact) mass is 506 g/mol. The van der Waals surface area contributed by atoms with Gasteiger partial charge in [0.2, 0.25) is 0 Å². The number of halogens is 1. The summed E-state index contributed by atoms with van der Waals surface area (Å²) in [6.07, 6.45) is 1.16. The van der Waals surface area contributed by atoms with Crippen LogP contribution < -0.4 is 21.2 Å². The maximum absolute atomic E-state index is 2.37. The quantitative estimate of drug-likeness (QED) is 0.200. The number of hydrogen-bond donors (Lipinski definition) is 0. The van der Waals surface area contributed by atoms with Crippen molar-refractivity contribution in [3.8, 4) is 0 Å². The van der Waals surface area contributed by atoms with Crippen LogP contribution in [0.1, 0.15) is 13.3 Å². The predicted molar refractivity (Wildman–Crippen MR) is 139 cm³/mol. The minimum atomic E-state index is -0.472. The van der Waals surface area contributed by atoms with Crippen LogP contribution in [0.5, 0.6) is 0 Å². The summed E-state index contributed by atoms with van der Waals surface area (Å²) in [4.78, 5) is 0. The van der Waals surface area contributed by atoms with Crippen LogP contribution in [0.3, 0.4) is 0 Å². The molecule has 162 valence electrons. The average molecular weight is 508 g/mol. The molecule has 0 amide bonds. The van der Waals surface area contributed by atoms with Gasteiger partial charge in [0.1, 0.15) is 0 Å². The molecule has 0 saturated heterocycles. The Morgan fingerprint density at radius 1 is 0.484 bits per heavy atom.